The van der Waals surface area contributed by atoms with Crippen molar-refractivity contribution in [2.45, 2.75) is 52.5 Å². The third-order valence-corrected chi connectivity index (χ3v) is 2.67. The molecule has 0 radical (unpaired) electrons. The van der Waals surface area contributed by atoms with E-state index in [-0.39, 0.29) is 23.9 Å². The lowest BCUT2D eigenvalue weighted by atomic mass is 10.1. The van der Waals surface area contributed by atoms with Gasteiger partial charge in [0.1, 0.15) is 0 Å². The van der Waals surface area contributed by atoms with E-state index in [2.05, 4.69) is 15.5 Å². The lowest BCUT2D eigenvalue weighted by Crippen LogP contribution is -2.46. The minimum atomic E-state index is -0.295. The minimum Gasteiger partial charge on any atom is -0.350 e. The summed E-state index contributed by atoms with van der Waals surface area (Å²) in [7, 11) is 1.63. The average molecular weight is 296 g/mol. The van der Waals surface area contributed by atoms with E-state index in [0.29, 0.717) is 31.0 Å². The van der Waals surface area contributed by atoms with Gasteiger partial charge in [0, 0.05) is 25.4 Å². The fraction of sp³-hybridized carbons (Fsp3) is 0.714. The first kappa shape index (κ1) is 17.1. The van der Waals surface area contributed by atoms with Gasteiger partial charge in [-0.1, -0.05) is 5.16 Å². The SMILES string of the molecule is Cc1noc(CCCC(=O)N(C)CC(=O)NC(C)(C)C)n1. The van der Waals surface area contributed by atoms with E-state index >= 15 is 0 Å². The van der Waals surface area contributed by atoms with E-state index < -0.39 is 0 Å². The molecule has 0 aliphatic rings. The first-order chi connectivity index (χ1) is 9.67. The summed E-state index contributed by atoms with van der Waals surface area (Å²) in [6.07, 6.45) is 1.53. The Morgan fingerprint density at radius 3 is 2.52 bits per heavy atom. The number of hydrogen-bond donors (Lipinski definition) is 1. The van der Waals surface area contributed by atoms with Crippen molar-refractivity contribution < 1.29 is 14.1 Å². The van der Waals surface area contributed by atoms with E-state index in [4.69, 9.17) is 4.52 Å². The van der Waals surface area contributed by atoms with Gasteiger partial charge in [0.05, 0.1) is 6.54 Å². The maximum absolute atomic E-state index is 11.9. The zero-order chi connectivity index (χ0) is 16.0. The Balaban J connectivity index is 2.29. The number of nitrogens with zero attached hydrogens (tertiary/aromatic N) is 3. The van der Waals surface area contributed by atoms with Crippen molar-refractivity contribution in [3.63, 3.8) is 0 Å². The van der Waals surface area contributed by atoms with Crippen molar-refractivity contribution in [2.75, 3.05) is 13.6 Å². The van der Waals surface area contributed by atoms with Crippen LogP contribution in [0.1, 0.15) is 45.3 Å². The summed E-state index contributed by atoms with van der Waals surface area (Å²) in [5.74, 6) is 0.891. The van der Waals surface area contributed by atoms with Gasteiger partial charge >= 0.3 is 0 Å². The van der Waals surface area contributed by atoms with Gasteiger partial charge in [-0.15, -0.1) is 0 Å². The van der Waals surface area contributed by atoms with Gasteiger partial charge < -0.3 is 14.7 Å². The quantitative estimate of drug-likeness (QED) is 0.848. The molecule has 0 fully saturated rings. The van der Waals surface area contributed by atoms with E-state index in [0.717, 1.165) is 0 Å². The number of likely N-dealkylation sites (N-methyl/N-ethyl adjacent to an activating group) is 1. The average Bonchev–Trinajstić information content (AvgIpc) is 2.72. The third-order valence-electron chi connectivity index (χ3n) is 2.67. The Kier molecular flexibility index (Phi) is 5.87. The molecule has 0 atom stereocenters. The molecule has 0 saturated carbocycles. The minimum absolute atomic E-state index is 0.0652. The van der Waals surface area contributed by atoms with Crippen LogP contribution in [-0.4, -0.2) is 46.0 Å². The highest BCUT2D eigenvalue weighted by atomic mass is 16.5. The van der Waals surface area contributed by atoms with Gasteiger partial charge in [0.15, 0.2) is 5.82 Å². The van der Waals surface area contributed by atoms with Gasteiger partial charge in [-0.05, 0) is 34.1 Å². The monoisotopic (exact) mass is 296 g/mol. The maximum Gasteiger partial charge on any atom is 0.240 e. The van der Waals surface area contributed by atoms with Crippen LogP contribution >= 0.6 is 0 Å². The van der Waals surface area contributed by atoms with Crippen molar-refractivity contribution in [2.24, 2.45) is 0 Å². The smallest absolute Gasteiger partial charge is 0.240 e. The Labute approximate surface area is 125 Å². The molecule has 1 N–H and O–H groups in total. The molecule has 1 aromatic heterocycles. The molecule has 7 heteroatoms. The Hall–Kier alpha value is -1.92. The largest absolute Gasteiger partial charge is 0.350 e. The topological polar surface area (TPSA) is 88.3 Å². The maximum atomic E-state index is 11.9. The number of aromatic nitrogens is 2. The van der Waals surface area contributed by atoms with E-state index in [1.165, 1.54) is 4.90 Å². The van der Waals surface area contributed by atoms with Crippen LogP contribution in [0.15, 0.2) is 4.52 Å². The molecular formula is C14H24N4O3. The van der Waals surface area contributed by atoms with Gasteiger partial charge in [-0.3, -0.25) is 9.59 Å². The molecule has 1 rings (SSSR count). The molecule has 0 aliphatic carbocycles. The molecule has 0 spiro atoms. The molecule has 2 amide bonds. The third kappa shape index (κ3) is 6.87. The molecule has 0 unspecified atom stereocenters. The summed E-state index contributed by atoms with van der Waals surface area (Å²) in [6.45, 7) is 7.52. The zero-order valence-corrected chi connectivity index (χ0v) is 13.4. The van der Waals surface area contributed by atoms with Crippen LogP contribution in [0, 0.1) is 6.92 Å². The summed E-state index contributed by atoms with van der Waals surface area (Å²) in [4.78, 5) is 29.2. The number of carbonyl (C=O) groups is 2. The van der Waals surface area contributed by atoms with Gasteiger partial charge in [0.25, 0.3) is 0 Å². The molecule has 0 saturated heterocycles. The Morgan fingerprint density at radius 1 is 1.33 bits per heavy atom. The lowest BCUT2D eigenvalue weighted by Gasteiger charge is -2.23. The molecule has 1 aromatic rings. The van der Waals surface area contributed by atoms with Crippen molar-refractivity contribution in [1.29, 1.82) is 0 Å². The predicted molar refractivity (Wildman–Crippen MR) is 77.5 cm³/mol. The fourth-order valence-corrected chi connectivity index (χ4v) is 1.78. The molecule has 118 valence electrons. The Morgan fingerprint density at radius 2 is 2.00 bits per heavy atom. The summed E-state index contributed by atoms with van der Waals surface area (Å²) >= 11 is 0. The van der Waals surface area contributed by atoms with Crippen molar-refractivity contribution in [3.05, 3.63) is 11.7 Å². The van der Waals surface area contributed by atoms with Crippen LogP contribution in [0.5, 0.6) is 0 Å². The molecular weight excluding hydrogens is 272 g/mol. The second kappa shape index (κ2) is 7.19. The highest BCUT2D eigenvalue weighted by Crippen LogP contribution is 2.04. The zero-order valence-electron chi connectivity index (χ0n) is 13.4. The molecule has 7 nitrogen and oxygen atoms in total. The van der Waals surface area contributed by atoms with E-state index in [9.17, 15) is 9.59 Å². The second-order valence-electron chi connectivity index (χ2n) is 6.14. The summed E-state index contributed by atoms with van der Waals surface area (Å²) in [5, 5.41) is 6.51. The number of aryl methyl sites for hydroxylation is 2. The summed E-state index contributed by atoms with van der Waals surface area (Å²) in [5.41, 5.74) is -0.295. The molecule has 1 heterocycles. The van der Waals surface area contributed by atoms with Crippen LogP contribution in [0.25, 0.3) is 0 Å². The number of carbonyl (C=O) groups excluding carboxylic acids is 2. The summed E-state index contributed by atoms with van der Waals surface area (Å²) < 4.78 is 4.98. The fourth-order valence-electron chi connectivity index (χ4n) is 1.78. The molecule has 0 bridgehead atoms. The molecule has 21 heavy (non-hydrogen) atoms. The van der Waals surface area contributed by atoms with Crippen LogP contribution in [0.2, 0.25) is 0 Å². The van der Waals surface area contributed by atoms with E-state index in [1.807, 2.05) is 20.8 Å². The van der Waals surface area contributed by atoms with Crippen LogP contribution in [0.4, 0.5) is 0 Å². The van der Waals surface area contributed by atoms with Crippen LogP contribution in [-0.2, 0) is 16.0 Å². The van der Waals surface area contributed by atoms with Gasteiger partial charge in [0.2, 0.25) is 17.7 Å². The number of nitrogens with one attached hydrogen (secondary N) is 1. The van der Waals surface area contributed by atoms with Crippen molar-refractivity contribution in [3.8, 4) is 0 Å². The van der Waals surface area contributed by atoms with Gasteiger partial charge in [-0.25, -0.2) is 0 Å². The normalized spacial score (nSPS) is 11.3. The van der Waals surface area contributed by atoms with Crippen molar-refractivity contribution >= 4 is 11.8 Å². The van der Waals surface area contributed by atoms with Gasteiger partial charge in [-0.2, -0.15) is 4.98 Å². The highest BCUT2D eigenvalue weighted by molar-refractivity contribution is 5.84. The second-order valence-corrected chi connectivity index (χ2v) is 6.14. The first-order valence-electron chi connectivity index (χ1n) is 7.01. The predicted octanol–water partition coefficient (Wildman–Crippen LogP) is 1.07. The highest BCUT2D eigenvalue weighted by Gasteiger charge is 2.17. The Bertz CT molecular complexity index is 491. The number of rotatable bonds is 6. The van der Waals surface area contributed by atoms with E-state index in [1.54, 1.807) is 14.0 Å². The van der Waals surface area contributed by atoms with Crippen LogP contribution < -0.4 is 5.32 Å². The van der Waals surface area contributed by atoms with Crippen LogP contribution in [0.3, 0.4) is 0 Å². The standard InChI is InChI=1S/C14H24N4O3/c1-10-15-12(21-17-10)7-6-8-13(20)18(5)9-11(19)16-14(2,3)4/h6-9H2,1-5H3,(H,16,19). The molecule has 0 aromatic carbocycles. The first-order valence-corrected chi connectivity index (χ1v) is 7.01. The number of amides is 2. The lowest BCUT2D eigenvalue weighted by molar-refractivity contribution is -0.135. The van der Waals surface area contributed by atoms with Crippen molar-refractivity contribution in [1.82, 2.24) is 20.4 Å². The molecule has 0 aliphatic heterocycles. The number of hydrogen-bond acceptors (Lipinski definition) is 5. The summed E-state index contributed by atoms with van der Waals surface area (Å²) in [6, 6.07) is 0.